The van der Waals surface area contributed by atoms with E-state index in [9.17, 15) is 4.79 Å². The summed E-state index contributed by atoms with van der Waals surface area (Å²) in [5.41, 5.74) is 9.55. The topological polar surface area (TPSA) is 43.1 Å². The van der Waals surface area contributed by atoms with Gasteiger partial charge in [0, 0.05) is 12.3 Å². The lowest BCUT2D eigenvalue weighted by Gasteiger charge is -2.32. The maximum atomic E-state index is 11.1. The number of hydrogen-bond acceptors (Lipinski definition) is 1. The van der Waals surface area contributed by atoms with Crippen molar-refractivity contribution in [1.82, 2.24) is 0 Å². The van der Waals surface area contributed by atoms with Gasteiger partial charge < -0.3 is 5.73 Å². The van der Waals surface area contributed by atoms with E-state index in [1.807, 2.05) is 0 Å². The van der Waals surface area contributed by atoms with Crippen molar-refractivity contribution in [2.45, 2.75) is 31.6 Å². The normalized spacial score (nSPS) is 20.8. The first-order valence-electron chi connectivity index (χ1n) is 7.65. The third kappa shape index (κ3) is 3.15. The predicted molar refractivity (Wildman–Crippen MR) is 85.0 cm³/mol. The molecular weight excluding hydrogens is 258 g/mol. The summed E-state index contributed by atoms with van der Waals surface area (Å²) in [6.45, 7) is 0. The van der Waals surface area contributed by atoms with Gasteiger partial charge in [-0.05, 0) is 41.9 Å². The van der Waals surface area contributed by atoms with Crippen LogP contribution in [0.5, 0.6) is 0 Å². The lowest BCUT2D eigenvalue weighted by molar-refractivity contribution is -0.118. The number of primary amides is 1. The average Bonchev–Trinajstić information content (AvgIpc) is 2.53. The van der Waals surface area contributed by atoms with E-state index in [-0.39, 0.29) is 5.91 Å². The number of fused-ring (bicyclic) bond motifs is 1. The zero-order valence-corrected chi connectivity index (χ0v) is 12.2. The quantitative estimate of drug-likeness (QED) is 0.912. The van der Waals surface area contributed by atoms with Gasteiger partial charge in [0.1, 0.15) is 0 Å². The number of rotatable bonds is 4. The summed E-state index contributed by atoms with van der Waals surface area (Å²) in [6.07, 6.45) is 3.56. The van der Waals surface area contributed by atoms with E-state index in [1.54, 1.807) is 0 Å². The van der Waals surface area contributed by atoms with Gasteiger partial charge in [0.15, 0.2) is 0 Å². The van der Waals surface area contributed by atoms with Crippen molar-refractivity contribution in [3.8, 4) is 0 Å². The molecule has 0 heterocycles. The highest BCUT2D eigenvalue weighted by Gasteiger charge is 2.27. The molecule has 2 atom stereocenters. The van der Waals surface area contributed by atoms with E-state index in [2.05, 4.69) is 54.6 Å². The second kappa shape index (κ2) is 6.13. The molecule has 0 aliphatic heterocycles. The summed E-state index contributed by atoms with van der Waals surface area (Å²) < 4.78 is 0. The Bertz CT molecular complexity index is 620. The summed E-state index contributed by atoms with van der Waals surface area (Å²) >= 11 is 0. The zero-order valence-electron chi connectivity index (χ0n) is 12.2. The molecule has 2 aromatic rings. The lowest BCUT2D eigenvalue weighted by atomic mass is 9.73. The first-order chi connectivity index (χ1) is 10.2. The minimum absolute atomic E-state index is 0.190. The fraction of sp³-hybridized carbons (Fsp3) is 0.316. The first-order valence-corrected chi connectivity index (χ1v) is 7.65. The number of nitrogens with two attached hydrogens (primary N) is 1. The minimum atomic E-state index is -0.190. The molecule has 0 radical (unpaired) electrons. The summed E-state index contributed by atoms with van der Waals surface area (Å²) in [5.74, 6) is 0.789. The molecule has 0 fully saturated rings. The Kier molecular flexibility index (Phi) is 4.05. The van der Waals surface area contributed by atoms with Crippen LogP contribution in [0, 0.1) is 5.92 Å². The van der Waals surface area contributed by atoms with Crippen molar-refractivity contribution in [2.75, 3.05) is 0 Å². The SMILES string of the molecule is NC(=O)CCC1Cc2ccccc2C(c2ccccc2)C1. The summed E-state index contributed by atoms with van der Waals surface area (Å²) in [4.78, 5) is 11.1. The van der Waals surface area contributed by atoms with Crippen LogP contribution in [-0.4, -0.2) is 5.91 Å². The Hall–Kier alpha value is -2.09. The monoisotopic (exact) mass is 279 g/mol. The van der Waals surface area contributed by atoms with Crippen LogP contribution in [-0.2, 0) is 11.2 Å². The number of benzene rings is 2. The molecule has 2 heteroatoms. The molecule has 0 bridgehead atoms. The van der Waals surface area contributed by atoms with E-state index in [1.165, 1.54) is 16.7 Å². The van der Waals surface area contributed by atoms with Gasteiger partial charge in [-0.15, -0.1) is 0 Å². The first kappa shape index (κ1) is 13.9. The maximum absolute atomic E-state index is 11.1. The molecule has 1 aliphatic rings. The molecule has 1 aliphatic carbocycles. The van der Waals surface area contributed by atoms with Crippen LogP contribution < -0.4 is 5.73 Å². The average molecular weight is 279 g/mol. The molecule has 2 N–H and O–H groups in total. The van der Waals surface area contributed by atoms with Gasteiger partial charge in [0.25, 0.3) is 0 Å². The van der Waals surface area contributed by atoms with Crippen LogP contribution in [0.15, 0.2) is 54.6 Å². The van der Waals surface area contributed by atoms with Gasteiger partial charge >= 0.3 is 0 Å². The Morgan fingerprint density at radius 1 is 1.05 bits per heavy atom. The second-order valence-electron chi connectivity index (χ2n) is 5.97. The summed E-state index contributed by atoms with van der Waals surface area (Å²) in [7, 11) is 0. The van der Waals surface area contributed by atoms with Crippen LogP contribution in [0.2, 0.25) is 0 Å². The van der Waals surface area contributed by atoms with Crippen LogP contribution >= 0.6 is 0 Å². The third-order valence-corrected chi connectivity index (χ3v) is 4.51. The van der Waals surface area contributed by atoms with Crippen molar-refractivity contribution >= 4 is 5.91 Å². The van der Waals surface area contributed by atoms with Crippen LogP contribution in [0.4, 0.5) is 0 Å². The van der Waals surface area contributed by atoms with E-state index in [0.717, 1.165) is 19.3 Å². The number of amides is 1. The molecule has 2 unspecified atom stereocenters. The molecule has 3 rings (SSSR count). The highest BCUT2D eigenvalue weighted by Crippen LogP contribution is 2.40. The minimum Gasteiger partial charge on any atom is -0.370 e. The fourth-order valence-electron chi connectivity index (χ4n) is 3.48. The van der Waals surface area contributed by atoms with Crippen LogP contribution in [0.1, 0.15) is 41.9 Å². The number of carbonyl (C=O) groups is 1. The fourth-order valence-corrected chi connectivity index (χ4v) is 3.48. The van der Waals surface area contributed by atoms with Gasteiger partial charge in [-0.2, -0.15) is 0 Å². The molecular formula is C19H21NO. The molecule has 108 valence electrons. The van der Waals surface area contributed by atoms with Crippen molar-refractivity contribution in [1.29, 1.82) is 0 Å². The standard InChI is InChI=1S/C19H21NO/c20-19(21)11-10-14-12-16-8-4-5-9-17(16)18(13-14)15-6-2-1-3-7-15/h1-9,14,18H,10-13H2,(H2,20,21). The van der Waals surface area contributed by atoms with Crippen molar-refractivity contribution in [3.05, 3.63) is 71.3 Å². The molecule has 2 aromatic carbocycles. The Morgan fingerprint density at radius 2 is 1.76 bits per heavy atom. The lowest BCUT2D eigenvalue weighted by Crippen LogP contribution is -2.21. The van der Waals surface area contributed by atoms with Crippen LogP contribution in [0.25, 0.3) is 0 Å². The van der Waals surface area contributed by atoms with Gasteiger partial charge in [-0.3, -0.25) is 4.79 Å². The molecule has 2 nitrogen and oxygen atoms in total. The Balaban J connectivity index is 1.89. The van der Waals surface area contributed by atoms with Crippen molar-refractivity contribution < 1.29 is 4.79 Å². The van der Waals surface area contributed by atoms with Crippen molar-refractivity contribution in [3.63, 3.8) is 0 Å². The van der Waals surface area contributed by atoms with Gasteiger partial charge in [0.2, 0.25) is 5.91 Å². The Morgan fingerprint density at radius 3 is 2.52 bits per heavy atom. The molecule has 0 aromatic heterocycles. The summed E-state index contributed by atoms with van der Waals surface area (Å²) in [6, 6.07) is 19.4. The zero-order chi connectivity index (χ0) is 14.7. The Labute approximate surface area is 126 Å². The van der Waals surface area contributed by atoms with E-state index >= 15 is 0 Å². The summed E-state index contributed by atoms with van der Waals surface area (Å²) in [5, 5.41) is 0. The van der Waals surface area contributed by atoms with Gasteiger partial charge in [-0.1, -0.05) is 54.6 Å². The van der Waals surface area contributed by atoms with E-state index in [4.69, 9.17) is 5.73 Å². The highest BCUT2D eigenvalue weighted by atomic mass is 16.1. The number of hydrogen-bond donors (Lipinski definition) is 1. The second-order valence-corrected chi connectivity index (χ2v) is 5.97. The highest BCUT2D eigenvalue weighted by molar-refractivity contribution is 5.73. The smallest absolute Gasteiger partial charge is 0.217 e. The van der Waals surface area contributed by atoms with Crippen LogP contribution in [0.3, 0.4) is 0 Å². The van der Waals surface area contributed by atoms with Gasteiger partial charge in [0.05, 0.1) is 0 Å². The maximum Gasteiger partial charge on any atom is 0.217 e. The van der Waals surface area contributed by atoms with Crippen molar-refractivity contribution in [2.24, 2.45) is 11.7 Å². The molecule has 1 amide bonds. The third-order valence-electron chi connectivity index (χ3n) is 4.51. The molecule has 0 saturated carbocycles. The molecule has 21 heavy (non-hydrogen) atoms. The largest absolute Gasteiger partial charge is 0.370 e. The van der Waals surface area contributed by atoms with Gasteiger partial charge in [-0.25, -0.2) is 0 Å². The van der Waals surface area contributed by atoms with E-state index < -0.39 is 0 Å². The molecule has 0 saturated heterocycles. The predicted octanol–water partition coefficient (Wildman–Crippen LogP) is 3.65. The molecule has 0 spiro atoms. The number of carbonyl (C=O) groups excluding carboxylic acids is 1. The van der Waals surface area contributed by atoms with E-state index in [0.29, 0.717) is 18.3 Å².